The van der Waals surface area contributed by atoms with Crippen LogP contribution in [0.1, 0.15) is 27.2 Å². The van der Waals surface area contributed by atoms with Crippen LogP contribution in [0.15, 0.2) is 0 Å². The van der Waals surface area contributed by atoms with Crippen molar-refractivity contribution < 1.29 is 0 Å². The molecule has 0 aromatic carbocycles. The predicted molar refractivity (Wildman–Crippen MR) is 64.5 cm³/mol. The highest BCUT2D eigenvalue weighted by molar-refractivity contribution is 7.99. The lowest BCUT2D eigenvalue weighted by atomic mass is 10.2. The summed E-state index contributed by atoms with van der Waals surface area (Å²) >= 11 is 1.97. The number of nitrogens with zero attached hydrogens (tertiary/aromatic N) is 2. The number of nitriles is 1. The zero-order valence-corrected chi connectivity index (χ0v) is 10.4. The van der Waals surface area contributed by atoms with Crippen molar-refractivity contribution in [1.82, 2.24) is 4.90 Å². The van der Waals surface area contributed by atoms with Gasteiger partial charge in [0.2, 0.25) is 0 Å². The highest BCUT2D eigenvalue weighted by Gasteiger charge is 2.06. The molecule has 0 aromatic heterocycles. The molecule has 0 aliphatic heterocycles. The molecular weight excluding hydrogens is 192 g/mol. The van der Waals surface area contributed by atoms with Gasteiger partial charge in [-0.25, -0.2) is 0 Å². The molecule has 0 aromatic rings. The normalized spacial score (nSPS) is 10.9. The van der Waals surface area contributed by atoms with E-state index in [1.165, 1.54) is 11.5 Å². The largest absolute Gasteiger partial charge is 0.301 e. The molecule has 0 aliphatic rings. The standard InChI is InChI=1S/C11H22N2S/c1-4-14-9-8-13(7-5-6-12)10-11(2)3/h11H,4-5,7-10H2,1-3H3. The Bertz CT molecular complexity index is 163. The maximum atomic E-state index is 8.54. The molecule has 0 heterocycles. The van der Waals surface area contributed by atoms with E-state index in [0.717, 1.165) is 19.6 Å². The fourth-order valence-corrected chi connectivity index (χ4v) is 2.03. The van der Waals surface area contributed by atoms with Gasteiger partial charge in [-0.05, 0) is 11.7 Å². The van der Waals surface area contributed by atoms with Crippen LogP contribution in [0.25, 0.3) is 0 Å². The Morgan fingerprint density at radius 3 is 2.57 bits per heavy atom. The Morgan fingerprint density at radius 2 is 2.07 bits per heavy atom. The van der Waals surface area contributed by atoms with Gasteiger partial charge in [-0.2, -0.15) is 17.0 Å². The van der Waals surface area contributed by atoms with E-state index in [9.17, 15) is 0 Å². The SMILES string of the molecule is CCSCCN(CCC#N)CC(C)C. The molecule has 0 rings (SSSR count). The van der Waals surface area contributed by atoms with Crippen molar-refractivity contribution in [2.24, 2.45) is 5.92 Å². The molecule has 0 radical (unpaired) electrons. The van der Waals surface area contributed by atoms with Crippen LogP contribution < -0.4 is 0 Å². The average Bonchev–Trinajstić information content (AvgIpc) is 2.13. The van der Waals surface area contributed by atoms with Crippen LogP contribution in [0.5, 0.6) is 0 Å². The van der Waals surface area contributed by atoms with E-state index in [2.05, 4.69) is 31.7 Å². The van der Waals surface area contributed by atoms with Gasteiger partial charge in [-0.1, -0.05) is 20.8 Å². The van der Waals surface area contributed by atoms with Gasteiger partial charge in [0.25, 0.3) is 0 Å². The zero-order chi connectivity index (χ0) is 10.8. The second-order valence-electron chi connectivity index (χ2n) is 3.80. The monoisotopic (exact) mass is 214 g/mol. The molecule has 3 heteroatoms. The van der Waals surface area contributed by atoms with Crippen molar-refractivity contribution in [3.8, 4) is 6.07 Å². The minimum absolute atomic E-state index is 0.656. The molecule has 0 bridgehead atoms. The Morgan fingerprint density at radius 1 is 1.36 bits per heavy atom. The first kappa shape index (κ1) is 13.8. The van der Waals surface area contributed by atoms with Crippen molar-refractivity contribution in [2.45, 2.75) is 27.2 Å². The Labute approximate surface area is 92.7 Å². The summed E-state index contributed by atoms with van der Waals surface area (Å²) in [4.78, 5) is 2.40. The van der Waals surface area contributed by atoms with Crippen LogP contribution in [0, 0.1) is 17.2 Å². The summed E-state index contributed by atoms with van der Waals surface area (Å²) < 4.78 is 0. The third kappa shape index (κ3) is 8.40. The highest BCUT2D eigenvalue weighted by Crippen LogP contribution is 2.04. The molecule has 0 saturated carbocycles. The van der Waals surface area contributed by atoms with Gasteiger partial charge in [0.15, 0.2) is 0 Å². The minimum atomic E-state index is 0.656. The molecule has 82 valence electrons. The Hall–Kier alpha value is -0.200. The van der Waals surface area contributed by atoms with Gasteiger partial charge in [0.05, 0.1) is 6.07 Å². The second-order valence-corrected chi connectivity index (χ2v) is 5.19. The molecule has 0 atom stereocenters. The fraction of sp³-hybridized carbons (Fsp3) is 0.909. The van der Waals surface area contributed by atoms with Crippen molar-refractivity contribution >= 4 is 11.8 Å². The van der Waals surface area contributed by atoms with Crippen molar-refractivity contribution in [2.75, 3.05) is 31.1 Å². The van der Waals surface area contributed by atoms with Crippen LogP contribution in [0.2, 0.25) is 0 Å². The van der Waals surface area contributed by atoms with Crippen LogP contribution in [0.3, 0.4) is 0 Å². The smallest absolute Gasteiger partial charge is 0.0635 e. The van der Waals surface area contributed by atoms with E-state index < -0.39 is 0 Å². The van der Waals surface area contributed by atoms with Gasteiger partial charge in [0.1, 0.15) is 0 Å². The van der Waals surface area contributed by atoms with E-state index in [1.54, 1.807) is 0 Å². The molecule has 0 N–H and O–H groups in total. The van der Waals surface area contributed by atoms with Crippen molar-refractivity contribution in [1.29, 1.82) is 5.26 Å². The van der Waals surface area contributed by atoms with Gasteiger partial charge >= 0.3 is 0 Å². The highest BCUT2D eigenvalue weighted by atomic mass is 32.2. The Kier molecular flexibility index (Phi) is 9.23. The number of rotatable bonds is 8. The van der Waals surface area contributed by atoms with Gasteiger partial charge in [0, 0.05) is 31.8 Å². The molecule has 0 aliphatic carbocycles. The first-order chi connectivity index (χ1) is 6.70. The molecule has 0 spiro atoms. The van der Waals surface area contributed by atoms with Crippen LogP contribution >= 0.6 is 11.8 Å². The third-order valence-electron chi connectivity index (χ3n) is 1.92. The second kappa shape index (κ2) is 9.36. The first-order valence-corrected chi connectivity index (χ1v) is 6.53. The summed E-state index contributed by atoms with van der Waals surface area (Å²) in [5, 5.41) is 8.54. The summed E-state index contributed by atoms with van der Waals surface area (Å²) in [6.45, 7) is 9.81. The fourth-order valence-electron chi connectivity index (χ4n) is 1.36. The van der Waals surface area contributed by atoms with Crippen molar-refractivity contribution in [3.05, 3.63) is 0 Å². The Balaban J connectivity index is 3.67. The first-order valence-electron chi connectivity index (χ1n) is 5.37. The van der Waals surface area contributed by atoms with E-state index in [1.807, 2.05) is 11.8 Å². The molecule has 0 amide bonds. The van der Waals surface area contributed by atoms with Crippen LogP contribution in [-0.4, -0.2) is 36.0 Å². The minimum Gasteiger partial charge on any atom is -0.301 e. The lowest BCUT2D eigenvalue weighted by Crippen LogP contribution is -2.30. The molecule has 2 nitrogen and oxygen atoms in total. The topological polar surface area (TPSA) is 27.0 Å². The molecular formula is C11H22N2S. The molecule has 0 fully saturated rings. The van der Waals surface area contributed by atoms with E-state index in [4.69, 9.17) is 5.26 Å². The average molecular weight is 214 g/mol. The van der Waals surface area contributed by atoms with E-state index in [0.29, 0.717) is 12.3 Å². The van der Waals surface area contributed by atoms with E-state index >= 15 is 0 Å². The maximum absolute atomic E-state index is 8.54. The number of hydrogen-bond acceptors (Lipinski definition) is 3. The van der Waals surface area contributed by atoms with Crippen molar-refractivity contribution in [3.63, 3.8) is 0 Å². The van der Waals surface area contributed by atoms with Gasteiger partial charge < -0.3 is 4.90 Å². The van der Waals surface area contributed by atoms with Crippen LogP contribution in [-0.2, 0) is 0 Å². The zero-order valence-electron chi connectivity index (χ0n) is 9.62. The van der Waals surface area contributed by atoms with E-state index in [-0.39, 0.29) is 0 Å². The summed E-state index contributed by atoms with van der Waals surface area (Å²) in [5.41, 5.74) is 0. The lowest BCUT2D eigenvalue weighted by molar-refractivity contribution is 0.264. The number of thioether (sulfide) groups is 1. The summed E-state index contributed by atoms with van der Waals surface area (Å²) in [7, 11) is 0. The predicted octanol–water partition coefficient (Wildman–Crippen LogP) is 2.61. The summed E-state index contributed by atoms with van der Waals surface area (Å²) in [5.74, 6) is 3.07. The molecule has 14 heavy (non-hydrogen) atoms. The number of hydrogen-bond donors (Lipinski definition) is 0. The third-order valence-corrected chi connectivity index (χ3v) is 2.80. The lowest BCUT2D eigenvalue weighted by Gasteiger charge is -2.22. The van der Waals surface area contributed by atoms with Crippen LogP contribution in [0.4, 0.5) is 0 Å². The van der Waals surface area contributed by atoms with Gasteiger partial charge in [-0.3, -0.25) is 0 Å². The molecule has 0 unspecified atom stereocenters. The summed E-state index contributed by atoms with van der Waals surface area (Å²) in [6.07, 6.45) is 0.656. The summed E-state index contributed by atoms with van der Waals surface area (Å²) in [6, 6.07) is 2.21. The maximum Gasteiger partial charge on any atom is 0.0635 e. The molecule has 0 saturated heterocycles. The quantitative estimate of drug-likeness (QED) is 0.581. The van der Waals surface area contributed by atoms with Gasteiger partial charge in [-0.15, -0.1) is 0 Å².